The van der Waals surface area contributed by atoms with Gasteiger partial charge in [-0.15, -0.1) is 0 Å². The number of hydrogen-bond acceptors (Lipinski definition) is 2. The Bertz CT molecular complexity index is 105. The van der Waals surface area contributed by atoms with Crippen LogP contribution in [-0.2, 0) is 9.59 Å². The summed E-state index contributed by atoms with van der Waals surface area (Å²) in [5.74, 6) is -1.35. The fraction of sp³-hybridized carbons (Fsp3) is 0.500. The van der Waals surface area contributed by atoms with Gasteiger partial charge in [0.1, 0.15) is 6.54 Å². The molecule has 0 aliphatic carbocycles. The molecule has 0 fully saturated rings. The number of carboxylic acid groups (broad SMARTS) is 1. The van der Waals surface area contributed by atoms with E-state index in [2.05, 4.69) is 5.32 Å². The Hall–Kier alpha value is 0.576. The van der Waals surface area contributed by atoms with Crippen LogP contribution in [0, 0.1) is 0 Å². The molecule has 9 heavy (non-hydrogen) atoms. The van der Waals surface area contributed by atoms with Crippen molar-refractivity contribution in [2.24, 2.45) is 0 Å². The first-order chi connectivity index (χ1) is 3.63. The molecule has 0 aromatic rings. The standard InChI is InChI=1S/C4H7NO3.K.H/c1-3(6)5-2-4(7)8;;/h2H2,1H3,(H,5,6)(H,7,8);;/q;+1;-1. The normalized spacial score (nSPS) is 7.22. The van der Waals surface area contributed by atoms with E-state index in [0.29, 0.717) is 0 Å². The molecule has 0 bridgehead atoms. The van der Waals surface area contributed by atoms with Gasteiger partial charge < -0.3 is 11.8 Å². The van der Waals surface area contributed by atoms with Crippen LogP contribution in [0.5, 0.6) is 0 Å². The van der Waals surface area contributed by atoms with E-state index in [-0.39, 0.29) is 65.3 Å². The van der Waals surface area contributed by atoms with Gasteiger partial charge in [-0.2, -0.15) is 0 Å². The van der Waals surface area contributed by atoms with Crippen molar-refractivity contribution in [3.05, 3.63) is 0 Å². The molecule has 0 heterocycles. The Kier molecular flexibility index (Phi) is 9.13. The average molecular weight is 157 g/mol. The zero-order valence-electron chi connectivity index (χ0n) is 6.47. The van der Waals surface area contributed by atoms with Crippen molar-refractivity contribution in [3.8, 4) is 0 Å². The van der Waals surface area contributed by atoms with Crippen molar-refractivity contribution < 1.29 is 67.5 Å². The van der Waals surface area contributed by atoms with Crippen molar-refractivity contribution in [1.29, 1.82) is 0 Å². The molecule has 0 rings (SSSR count). The van der Waals surface area contributed by atoms with Crippen LogP contribution in [-0.4, -0.2) is 23.5 Å². The van der Waals surface area contributed by atoms with Crippen LogP contribution in [0.4, 0.5) is 0 Å². The Labute approximate surface area is 96.9 Å². The fourth-order valence-electron chi connectivity index (χ4n) is 0.200. The summed E-state index contributed by atoms with van der Waals surface area (Å²) in [7, 11) is 0. The van der Waals surface area contributed by atoms with Gasteiger partial charge in [-0.3, -0.25) is 9.59 Å². The first kappa shape index (κ1) is 12.3. The van der Waals surface area contributed by atoms with Crippen molar-refractivity contribution >= 4 is 11.9 Å². The van der Waals surface area contributed by atoms with E-state index in [0.717, 1.165) is 0 Å². The van der Waals surface area contributed by atoms with Gasteiger partial charge in [-0.25, -0.2) is 0 Å². The van der Waals surface area contributed by atoms with Gasteiger partial charge >= 0.3 is 57.4 Å². The maximum atomic E-state index is 9.97. The first-order valence-corrected chi connectivity index (χ1v) is 2.09. The van der Waals surface area contributed by atoms with E-state index < -0.39 is 5.97 Å². The maximum Gasteiger partial charge on any atom is 1.00 e. The van der Waals surface area contributed by atoms with Crippen LogP contribution in [0.25, 0.3) is 0 Å². The minimum atomic E-state index is -1.03. The summed E-state index contributed by atoms with van der Waals surface area (Å²) < 4.78 is 0. The molecule has 0 unspecified atom stereocenters. The van der Waals surface area contributed by atoms with E-state index in [1.807, 2.05) is 0 Å². The van der Waals surface area contributed by atoms with Gasteiger partial charge in [0, 0.05) is 6.92 Å². The minimum absolute atomic E-state index is 0. The topological polar surface area (TPSA) is 66.4 Å². The molecule has 0 spiro atoms. The summed E-state index contributed by atoms with van der Waals surface area (Å²) in [4.78, 5) is 19.7. The van der Waals surface area contributed by atoms with Crippen LogP contribution in [0.15, 0.2) is 0 Å². The SMILES string of the molecule is CC(=O)NCC(=O)O.[H-].[K+]. The molecule has 2 N–H and O–H groups in total. The molecule has 48 valence electrons. The summed E-state index contributed by atoms with van der Waals surface area (Å²) in [5.41, 5.74) is 0. The van der Waals surface area contributed by atoms with Crippen LogP contribution >= 0.6 is 0 Å². The number of carbonyl (C=O) groups excluding carboxylic acids is 1. The Balaban J connectivity index is -0.000000245. The number of aliphatic carboxylic acids is 1. The van der Waals surface area contributed by atoms with Crippen LogP contribution in [0.1, 0.15) is 8.35 Å². The van der Waals surface area contributed by atoms with Gasteiger partial charge in [0.2, 0.25) is 5.91 Å². The summed E-state index contributed by atoms with van der Waals surface area (Å²) in [6.45, 7) is 0.971. The number of amides is 1. The molecule has 0 aliphatic heterocycles. The van der Waals surface area contributed by atoms with E-state index in [1.165, 1.54) is 6.92 Å². The van der Waals surface area contributed by atoms with E-state index in [9.17, 15) is 9.59 Å². The van der Waals surface area contributed by atoms with E-state index >= 15 is 0 Å². The smallest absolute Gasteiger partial charge is 1.00 e. The minimum Gasteiger partial charge on any atom is -1.00 e. The van der Waals surface area contributed by atoms with E-state index in [1.54, 1.807) is 0 Å². The quantitative estimate of drug-likeness (QED) is 0.406. The fourth-order valence-corrected chi connectivity index (χ4v) is 0.200. The molecule has 1 amide bonds. The summed E-state index contributed by atoms with van der Waals surface area (Å²) in [6, 6.07) is 0. The summed E-state index contributed by atoms with van der Waals surface area (Å²) in [5, 5.41) is 10.1. The monoisotopic (exact) mass is 157 g/mol. The van der Waals surface area contributed by atoms with Crippen molar-refractivity contribution in [2.45, 2.75) is 6.92 Å². The molecule has 0 aromatic heterocycles. The molecule has 5 heteroatoms. The Morgan fingerprint density at radius 1 is 1.67 bits per heavy atom. The second-order valence-electron chi connectivity index (χ2n) is 1.30. The predicted octanol–water partition coefficient (Wildman–Crippen LogP) is -3.68. The molecular formula is C4H8KNO3. The molecule has 0 radical (unpaired) electrons. The van der Waals surface area contributed by atoms with Crippen LogP contribution in [0.2, 0.25) is 0 Å². The second kappa shape index (κ2) is 6.69. The average Bonchev–Trinajstić information content (AvgIpc) is 1.61. The number of carboxylic acids is 1. The van der Waals surface area contributed by atoms with Gasteiger partial charge in [0.15, 0.2) is 0 Å². The number of carbonyl (C=O) groups is 2. The van der Waals surface area contributed by atoms with Crippen molar-refractivity contribution in [2.75, 3.05) is 6.54 Å². The zero-order valence-corrected chi connectivity index (χ0v) is 8.59. The summed E-state index contributed by atoms with van der Waals surface area (Å²) in [6.07, 6.45) is 0. The first-order valence-electron chi connectivity index (χ1n) is 2.09. The zero-order chi connectivity index (χ0) is 6.57. The van der Waals surface area contributed by atoms with Crippen LogP contribution in [0.3, 0.4) is 0 Å². The van der Waals surface area contributed by atoms with Gasteiger partial charge in [0.25, 0.3) is 0 Å². The van der Waals surface area contributed by atoms with Gasteiger partial charge in [-0.05, 0) is 0 Å². The van der Waals surface area contributed by atoms with E-state index in [4.69, 9.17) is 5.11 Å². The number of hydrogen-bond donors (Lipinski definition) is 2. The van der Waals surface area contributed by atoms with Crippen molar-refractivity contribution in [3.63, 3.8) is 0 Å². The van der Waals surface area contributed by atoms with Crippen molar-refractivity contribution in [1.82, 2.24) is 5.32 Å². The number of nitrogens with one attached hydrogen (secondary N) is 1. The molecule has 0 saturated carbocycles. The maximum absolute atomic E-state index is 9.97. The number of rotatable bonds is 2. The third kappa shape index (κ3) is 11.9. The molecular weight excluding hydrogens is 149 g/mol. The predicted molar refractivity (Wildman–Crippen MR) is 27.4 cm³/mol. The largest absolute Gasteiger partial charge is 1.00 e. The third-order valence-corrected chi connectivity index (χ3v) is 0.489. The second-order valence-corrected chi connectivity index (χ2v) is 1.30. The third-order valence-electron chi connectivity index (χ3n) is 0.489. The van der Waals surface area contributed by atoms with Gasteiger partial charge in [0.05, 0.1) is 0 Å². The Morgan fingerprint density at radius 3 is 2.22 bits per heavy atom. The molecule has 0 saturated heterocycles. The molecule has 0 atom stereocenters. The molecule has 0 aliphatic rings. The summed E-state index contributed by atoms with van der Waals surface area (Å²) >= 11 is 0. The van der Waals surface area contributed by atoms with Gasteiger partial charge in [-0.1, -0.05) is 0 Å². The van der Waals surface area contributed by atoms with Crippen LogP contribution < -0.4 is 56.7 Å². The molecule has 4 nitrogen and oxygen atoms in total. The molecule has 0 aromatic carbocycles. The Morgan fingerprint density at radius 2 is 2.11 bits per heavy atom.